The minimum Gasteiger partial charge on any atom is -0.480 e. The quantitative estimate of drug-likeness (QED) is 0.773. The highest BCUT2D eigenvalue weighted by molar-refractivity contribution is 5.74. The first kappa shape index (κ1) is 10.9. The molecular weight excluding hydrogens is 190 g/mol. The molecule has 1 atom stereocenters. The summed E-state index contributed by atoms with van der Waals surface area (Å²) in [6.45, 7) is 4.22. The van der Waals surface area contributed by atoms with Crippen LogP contribution in [0.2, 0.25) is 0 Å². The lowest BCUT2D eigenvalue weighted by molar-refractivity contribution is -0.144. The number of rotatable bonds is 4. The van der Waals surface area contributed by atoms with Crippen molar-refractivity contribution in [3.8, 4) is 0 Å². The summed E-state index contributed by atoms with van der Waals surface area (Å²) in [5.41, 5.74) is 0. The van der Waals surface area contributed by atoms with E-state index in [4.69, 9.17) is 0 Å². The third kappa shape index (κ3) is 2.51. The summed E-state index contributed by atoms with van der Waals surface area (Å²) in [6.07, 6.45) is 5.85. The average molecular weight is 211 g/mol. The van der Waals surface area contributed by atoms with Gasteiger partial charge in [-0.05, 0) is 50.6 Å². The van der Waals surface area contributed by atoms with Gasteiger partial charge in [0.1, 0.15) is 6.04 Å². The highest BCUT2D eigenvalue weighted by atomic mass is 16.4. The second kappa shape index (κ2) is 4.52. The summed E-state index contributed by atoms with van der Waals surface area (Å²) in [7, 11) is 0. The van der Waals surface area contributed by atoms with Gasteiger partial charge in [-0.3, -0.25) is 9.69 Å². The van der Waals surface area contributed by atoms with E-state index in [2.05, 4.69) is 11.8 Å². The highest BCUT2D eigenvalue weighted by Gasteiger charge is 2.40. The standard InChI is InChI=1S/C12H21NO2/c1-2-9-5-7-13(8-6-9)11(12(14)15)10-3-4-10/h9-11H,2-8H2,1H3,(H,14,15). The molecule has 2 aliphatic rings. The molecule has 1 aliphatic carbocycles. The van der Waals surface area contributed by atoms with Gasteiger partial charge in [0.05, 0.1) is 0 Å². The molecule has 1 aliphatic heterocycles. The molecule has 2 rings (SSSR count). The van der Waals surface area contributed by atoms with Crippen molar-refractivity contribution in [3.63, 3.8) is 0 Å². The fourth-order valence-electron chi connectivity index (χ4n) is 2.71. The maximum Gasteiger partial charge on any atom is 0.321 e. The monoisotopic (exact) mass is 211 g/mol. The van der Waals surface area contributed by atoms with E-state index in [-0.39, 0.29) is 6.04 Å². The molecule has 3 nitrogen and oxygen atoms in total. The molecule has 1 saturated heterocycles. The number of carboxylic acids is 1. The maximum atomic E-state index is 11.2. The Bertz CT molecular complexity index is 230. The second-order valence-electron chi connectivity index (χ2n) is 5.01. The Morgan fingerprint density at radius 1 is 1.33 bits per heavy atom. The molecule has 15 heavy (non-hydrogen) atoms. The Kier molecular flexibility index (Phi) is 3.29. The van der Waals surface area contributed by atoms with Crippen molar-refractivity contribution in [1.82, 2.24) is 4.90 Å². The van der Waals surface area contributed by atoms with Crippen LogP contribution in [0, 0.1) is 11.8 Å². The van der Waals surface area contributed by atoms with Crippen LogP contribution in [0.15, 0.2) is 0 Å². The van der Waals surface area contributed by atoms with E-state index in [1.54, 1.807) is 0 Å². The van der Waals surface area contributed by atoms with Crippen molar-refractivity contribution < 1.29 is 9.90 Å². The zero-order valence-electron chi connectivity index (χ0n) is 9.48. The first-order chi connectivity index (χ1) is 7.22. The average Bonchev–Trinajstić information content (AvgIpc) is 3.03. The molecule has 0 aromatic rings. The molecule has 0 radical (unpaired) electrons. The van der Waals surface area contributed by atoms with E-state index in [0.717, 1.165) is 31.8 Å². The molecule has 1 N–H and O–H groups in total. The second-order valence-corrected chi connectivity index (χ2v) is 5.01. The van der Waals surface area contributed by atoms with Crippen LogP contribution < -0.4 is 0 Å². The van der Waals surface area contributed by atoms with E-state index in [9.17, 15) is 9.90 Å². The molecule has 0 aromatic heterocycles. The van der Waals surface area contributed by atoms with Crippen molar-refractivity contribution in [1.29, 1.82) is 0 Å². The third-order valence-electron chi connectivity index (χ3n) is 3.94. The van der Waals surface area contributed by atoms with E-state index >= 15 is 0 Å². The van der Waals surface area contributed by atoms with Crippen LogP contribution in [0.4, 0.5) is 0 Å². The molecule has 1 saturated carbocycles. The summed E-state index contributed by atoms with van der Waals surface area (Å²) >= 11 is 0. The van der Waals surface area contributed by atoms with Gasteiger partial charge in [-0.15, -0.1) is 0 Å². The van der Waals surface area contributed by atoms with Crippen molar-refractivity contribution in [2.45, 2.75) is 45.1 Å². The first-order valence-electron chi connectivity index (χ1n) is 6.19. The number of hydrogen-bond donors (Lipinski definition) is 1. The number of likely N-dealkylation sites (tertiary alicyclic amines) is 1. The van der Waals surface area contributed by atoms with Gasteiger partial charge in [-0.2, -0.15) is 0 Å². The van der Waals surface area contributed by atoms with Crippen molar-refractivity contribution in [2.24, 2.45) is 11.8 Å². The van der Waals surface area contributed by atoms with Gasteiger partial charge in [0, 0.05) is 0 Å². The number of nitrogens with zero attached hydrogens (tertiary/aromatic N) is 1. The van der Waals surface area contributed by atoms with Crippen LogP contribution in [0.3, 0.4) is 0 Å². The highest BCUT2D eigenvalue weighted by Crippen LogP contribution is 2.37. The molecule has 0 bridgehead atoms. The normalized spacial score (nSPS) is 26.5. The smallest absolute Gasteiger partial charge is 0.321 e. The molecule has 0 aromatic carbocycles. The molecule has 0 spiro atoms. The number of carbonyl (C=O) groups is 1. The Hall–Kier alpha value is -0.570. The number of piperidine rings is 1. The van der Waals surface area contributed by atoms with Crippen LogP contribution in [-0.2, 0) is 4.79 Å². The maximum absolute atomic E-state index is 11.2. The van der Waals surface area contributed by atoms with E-state index in [1.165, 1.54) is 19.3 Å². The van der Waals surface area contributed by atoms with Crippen molar-refractivity contribution >= 4 is 5.97 Å². The summed E-state index contributed by atoms with van der Waals surface area (Å²) in [6, 6.07) is -0.178. The lowest BCUT2D eigenvalue weighted by atomic mass is 9.93. The number of carboxylic acid groups (broad SMARTS) is 1. The van der Waals surface area contributed by atoms with E-state index in [1.807, 2.05) is 0 Å². The molecule has 3 heteroatoms. The Labute approximate surface area is 91.5 Å². The fraction of sp³-hybridized carbons (Fsp3) is 0.917. The predicted molar refractivity (Wildman–Crippen MR) is 58.7 cm³/mol. The van der Waals surface area contributed by atoms with Crippen molar-refractivity contribution in [3.05, 3.63) is 0 Å². The van der Waals surface area contributed by atoms with Crippen LogP contribution in [-0.4, -0.2) is 35.1 Å². The molecule has 86 valence electrons. The largest absolute Gasteiger partial charge is 0.480 e. The van der Waals surface area contributed by atoms with Gasteiger partial charge in [-0.25, -0.2) is 0 Å². The molecule has 2 fully saturated rings. The lowest BCUT2D eigenvalue weighted by Crippen LogP contribution is -2.46. The van der Waals surface area contributed by atoms with Crippen LogP contribution in [0.5, 0.6) is 0 Å². The molecule has 0 amide bonds. The molecule has 1 heterocycles. The minimum atomic E-state index is -0.604. The third-order valence-corrected chi connectivity index (χ3v) is 3.94. The SMILES string of the molecule is CCC1CCN(C(C(=O)O)C2CC2)CC1. The summed E-state index contributed by atoms with van der Waals surface area (Å²) in [5.74, 6) is 0.669. The topological polar surface area (TPSA) is 40.5 Å². The Balaban J connectivity index is 1.89. The lowest BCUT2D eigenvalue weighted by Gasteiger charge is -2.35. The predicted octanol–water partition coefficient (Wildman–Crippen LogP) is 1.97. The van der Waals surface area contributed by atoms with Gasteiger partial charge in [-0.1, -0.05) is 13.3 Å². The summed E-state index contributed by atoms with van der Waals surface area (Å²) in [4.78, 5) is 13.4. The fourth-order valence-corrected chi connectivity index (χ4v) is 2.71. The van der Waals surface area contributed by atoms with Gasteiger partial charge >= 0.3 is 5.97 Å². The van der Waals surface area contributed by atoms with Gasteiger partial charge in [0.2, 0.25) is 0 Å². The zero-order chi connectivity index (χ0) is 10.8. The van der Waals surface area contributed by atoms with Crippen molar-refractivity contribution in [2.75, 3.05) is 13.1 Å². The number of aliphatic carboxylic acids is 1. The first-order valence-corrected chi connectivity index (χ1v) is 6.19. The van der Waals surface area contributed by atoms with E-state index in [0.29, 0.717) is 5.92 Å². The van der Waals surface area contributed by atoms with Gasteiger partial charge in [0.25, 0.3) is 0 Å². The zero-order valence-corrected chi connectivity index (χ0v) is 9.48. The van der Waals surface area contributed by atoms with Crippen LogP contribution in [0.1, 0.15) is 39.0 Å². The summed E-state index contributed by atoms with van der Waals surface area (Å²) < 4.78 is 0. The van der Waals surface area contributed by atoms with Crippen LogP contribution in [0.25, 0.3) is 0 Å². The van der Waals surface area contributed by atoms with Crippen LogP contribution >= 0.6 is 0 Å². The Morgan fingerprint density at radius 3 is 2.33 bits per heavy atom. The molecular formula is C12H21NO2. The van der Waals surface area contributed by atoms with E-state index < -0.39 is 5.97 Å². The Morgan fingerprint density at radius 2 is 1.93 bits per heavy atom. The van der Waals surface area contributed by atoms with Gasteiger partial charge < -0.3 is 5.11 Å². The van der Waals surface area contributed by atoms with Gasteiger partial charge in [0.15, 0.2) is 0 Å². The minimum absolute atomic E-state index is 0.178. The summed E-state index contributed by atoms with van der Waals surface area (Å²) in [5, 5.41) is 9.22. The number of hydrogen-bond acceptors (Lipinski definition) is 2. The molecule has 1 unspecified atom stereocenters.